The van der Waals surface area contributed by atoms with Crippen LogP contribution >= 0.6 is 0 Å². The smallest absolute Gasteiger partial charge is 0.0959 e. The summed E-state index contributed by atoms with van der Waals surface area (Å²) < 4.78 is 5.44. The summed E-state index contributed by atoms with van der Waals surface area (Å²) in [5.74, 6) is 1.18. The van der Waals surface area contributed by atoms with Crippen molar-refractivity contribution < 1.29 is 4.74 Å². The molecule has 2 nitrogen and oxygen atoms in total. The lowest BCUT2D eigenvalue weighted by atomic mass is 9.81. The fourth-order valence-corrected chi connectivity index (χ4v) is 3.53. The van der Waals surface area contributed by atoms with Crippen LogP contribution in [0.4, 0.5) is 0 Å². The summed E-state index contributed by atoms with van der Waals surface area (Å²) in [5.41, 5.74) is 3.37. The van der Waals surface area contributed by atoms with E-state index in [1.807, 2.05) is 0 Å². The Labute approximate surface area is 118 Å². The first kappa shape index (κ1) is 14.6. The Hall–Kier alpha value is -0.760. The maximum absolute atomic E-state index is 5.44. The second-order valence-electron chi connectivity index (χ2n) is 5.90. The fourth-order valence-electron chi connectivity index (χ4n) is 3.53. The third-order valence-corrected chi connectivity index (χ3v) is 4.53. The zero-order valence-electron chi connectivity index (χ0n) is 12.9. The van der Waals surface area contributed by atoms with Gasteiger partial charge in [-0.05, 0) is 57.7 Å². The Morgan fingerprint density at radius 2 is 1.95 bits per heavy atom. The molecular formula is C17H29NO. The summed E-state index contributed by atoms with van der Waals surface area (Å²) >= 11 is 0. The van der Waals surface area contributed by atoms with E-state index in [4.69, 9.17) is 4.74 Å². The summed E-state index contributed by atoms with van der Waals surface area (Å²) in [5, 5.41) is 0. The van der Waals surface area contributed by atoms with Crippen molar-refractivity contribution in [3.63, 3.8) is 0 Å². The highest BCUT2D eigenvalue weighted by molar-refractivity contribution is 5.29. The van der Waals surface area contributed by atoms with Gasteiger partial charge in [0.15, 0.2) is 0 Å². The van der Waals surface area contributed by atoms with Crippen LogP contribution in [0.3, 0.4) is 0 Å². The average Bonchev–Trinajstić information content (AvgIpc) is 2.46. The molecule has 0 amide bonds. The third-order valence-electron chi connectivity index (χ3n) is 4.53. The van der Waals surface area contributed by atoms with Crippen LogP contribution in [0.25, 0.3) is 0 Å². The first-order chi connectivity index (χ1) is 9.28. The minimum Gasteiger partial charge on any atom is -0.501 e. The summed E-state index contributed by atoms with van der Waals surface area (Å²) in [6.07, 6.45) is 10.9. The van der Waals surface area contributed by atoms with Crippen molar-refractivity contribution in [2.75, 3.05) is 20.2 Å². The molecule has 0 heterocycles. The molecule has 0 saturated heterocycles. The van der Waals surface area contributed by atoms with Gasteiger partial charge in [0.1, 0.15) is 0 Å². The molecule has 1 atom stereocenters. The number of allylic oxidation sites excluding steroid dienone is 3. The second kappa shape index (κ2) is 7.14. The van der Waals surface area contributed by atoms with Gasteiger partial charge in [0, 0.05) is 12.5 Å². The first-order valence-electron chi connectivity index (χ1n) is 7.95. The van der Waals surface area contributed by atoms with Crippen LogP contribution < -0.4 is 0 Å². The lowest BCUT2D eigenvalue weighted by molar-refractivity contribution is 0.176. The number of hydrogen-bond acceptors (Lipinski definition) is 2. The molecule has 0 radical (unpaired) electrons. The molecule has 2 heteroatoms. The number of rotatable bonds is 6. The average molecular weight is 263 g/mol. The maximum atomic E-state index is 5.44. The monoisotopic (exact) mass is 263 g/mol. The van der Waals surface area contributed by atoms with Gasteiger partial charge in [0.2, 0.25) is 0 Å². The van der Waals surface area contributed by atoms with Crippen molar-refractivity contribution >= 4 is 0 Å². The van der Waals surface area contributed by atoms with Crippen LogP contribution in [-0.4, -0.2) is 31.1 Å². The molecule has 0 saturated carbocycles. The minimum absolute atomic E-state index is 0.773. The van der Waals surface area contributed by atoms with Crippen molar-refractivity contribution in [2.45, 2.75) is 64.8 Å². The molecule has 0 aromatic rings. The predicted molar refractivity (Wildman–Crippen MR) is 81.1 cm³/mol. The molecule has 0 fully saturated rings. The van der Waals surface area contributed by atoms with Crippen molar-refractivity contribution in [3.8, 4) is 0 Å². The molecule has 0 bridgehead atoms. The van der Waals surface area contributed by atoms with Gasteiger partial charge in [0.05, 0.1) is 12.9 Å². The lowest BCUT2D eigenvalue weighted by Crippen LogP contribution is -2.38. The molecule has 0 aromatic carbocycles. The van der Waals surface area contributed by atoms with Gasteiger partial charge in [-0.1, -0.05) is 25.0 Å². The predicted octanol–water partition coefficient (Wildman–Crippen LogP) is 4.28. The Morgan fingerprint density at radius 1 is 1.21 bits per heavy atom. The standard InChI is InChI=1S/C17H29NO/c1-4-10-18(11-5-2)16-8-6-14-7-9-17(19-3)13-15(14)12-16/h9,16H,4-8,10-13H2,1-3H3/t16-/m0/s1. The molecule has 2 rings (SSSR count). The Morgan fingerprint density at radius 3 is 2.58 bits per heavy atom. The Balaban J connectivity index is 1.99. The SMILES string of the molecule is CCCN(CCC)[C@H]1CCC2=C(CC(OC)=CC2)C1. The number of methoxy groups -OCH3 is 1. The third kappa shape index (κ3) is 3.62. The van der Waals surface area contributed by atoms with Gasteiger partial charge in [0.25, 0.3) is 0 Å². The van der Waals surface area contributed by atoms with Crippen LogP contribution in [0.1, 0.15) is 58.8 Å². The topological polar surface area (TPSA) is 12.5 Å². The van der Waals surface area contributed by atoms with E-state index in [1.165, 1.54) is 51.0 Å². The Bertz CT molecular complexity index is 350. The molecule has 2 aliphatic carbocycles. The van der Waals surface area contributed by atoms with Gasteiger partial charge >= 0.3 is 0 Å². The lowest BCUT2D eigenvalue weighted by Gasteiger charge is -2.37. The fraction of sp³-hybridized carbons (Fsp3) is 0.765. The van der Waals surface area contributed by atoms with E-state index in [0.717, 1.165) is 18.9 Å². The molecule has 0 spiro atoms. The Kier molecular flexibility index (Phi) is 5.50. The van der Waals surface area contributed by atoms with E-state index in [-0.39, 0.29) is 0 Å². The molecule has 0 aliphatic heterocycles. The quantitative estimate of drug-likeness (QED) is 0.663. The molecular weight excluding hydrogens is 234 g/mol. The van der Waals surface area contributed by atoms with E-state index in [9.17, 15) is 0 Å². The van der Waals surface area contributed by atoms with Crippen LogP contribution in [0, 0.1) is 0 Å². The van der Waals surface area contributed by atoms with Crippen LogP contribution in [-0.2, 0) is 4.74 Å². The van der Waals surface area contributed by atoms with Crippen molar-refractivity contribution in [1.82, 2.24) is 4.90 Å². The largest absolute Gasteiger partial charge is 0.501 e. The molecule has 0 aromatic heterocycles. The van der Waals surface area contributed by atoms with E-state index >= 15 is 0 Å². The molecule has 0 unspecified atom stereocenters. The zero-order chi connectivity index (χ0) is 13.7. The molecule has 2 aliphatic rings. The van der Waals surface area contributed by atoms with Crippen molar-refractivity contribution in [3.05, 3.63) is 23.0 Å². The van der Waals surface area contributed by atoms with Crippen LogP contribution in [0.5, 0.6) is 0 Å². The van der Waals surface area contributed by atoms with E-state index < -0.39 is 0 Å². The molecule has 0 N–H and O–H groups in total. The van der Waals surface area contributed by atoms with Crippen molar-refractivity contribution in [2.24, 2.45) is 0 Å². The number of ether oxygens (including phenoxy) is 1. The van der Waals surface area contributed by atoms with Crippen LogP contribution in [0.2, 0.25) is 0 Å². The highest BCUT2D eigenvalue weighted by atomic mass is 16.5. The van der Waals surface area contributed by atoms with Crippen LogP contribution in [0.15, 0.2) is 23.0 Å². The normalized spacial score (nSPS) is 23.4. The second-order valence-corrected chi connectivity index (χ2v) is 5.90. The van der Waals surface area contributed by atoms with Gasteiger partial charge in [-0.25, -0.2) is 0 Å². The van der Waals surface area contributed by atoms with E-state index in [2.05, 4.69) is 24.8 Å². The highest BCUT2D eigenvalue weighted by Gasteiger charge is 2.27. The zero-order valence-corrected chi connectivity index (χ0v) is 12.9. The number of hydrogen-bond donors (Lipinski definition) is 0. The van der Waals surface area contributed by atoms with Gasteiger partial charge in [-0.15, -0.1) is 0 Å². The number of nitrogens with zero attached hydrogens (tertiary/aromatic N) is 1. The molecule has 19 heavy (non-hydrogen) atoms. The van der Waals surface area contributed by atoms with E-state index in [0.29, 0.717) is 0 Å². The van der Waals surface area contributed by atoms with E-state index in [1.54, 1.807) is 18.3 Å². The maximum Gasteiger partial charge on any atom is 0.0959 e. The van der Waals surface area contributed by atoms with Gasteiger partial charge in [-0.2, -0.15) is 0 Å². The van der Waals surface area contributed by atoms with Gasteiger partial charge < -0.3 is 9.64 Å². The summed E-state index contributed by atoms with van der Waals surface area (Å²) in [4.78, 5) is 2.72. The summed E-state index contributed by atoms with van der Waals surface area (Å²) in [7, 11) is 1.80. The summed E-state index contributed by atoms with van der Waals surface area (Å²) in [6, 6.07) is 0.773. The summed E-state index contributed by atoms with van der Waals surface area (Å²) in [6.45, 7) is 7.10. The van der Waals surface area contributed by atoms with Crippen molar-refractivity contribution in [1.29, 1.82) is 0 Å². The highest BCUT2D eigenvalue weighted by Crippen LogP contribution is 2.37. The molecule has 108 valence electrons. The minimum atomic E-state index is 0.773. The van der Waals surface area contributed by atoms with Gasteiger partial charge in [-0.3, -0.25) is 0 Å². The first-order valence-corrected chi connectivity index (χ1v) is 7.95.